The van der Waals surface area contributed by atoms with Crippen LogP contribution in [0.1, 0.15) is 45.4 Å². The third kappa shape index (κ3) is 2.64. The van der Waals surface area contributed by atoms with Gasteiger partial charge in [-0.2, -0.15) is 0 Å². The molecule has 0 aliphatic carbocycles. The van der Waals surface area contributed by atoms with E-state index in [1.54, 1.807) is 0 Å². The third-order valence-electron chi connectivity index (χ3n) is 4.85. The molecule has 0 saturated carbocycles. The molecule has 4 nitrogen and oxygen atoms in total. The SMILES string of the molecule is CCCn1ccnc1NC1CC2CCCC(C1)N2C. The van der Waals surface area contributed by atoms with Gasteiger partial charge in [-0.25, -0.2) is 4.98 Å². The second-order valence-corrected chi connectivity index (χ2v) is 6.16. The van der Waals surface area contributed by atoms with Gasteiger partial charge < -0.3 is 14.8 Å². The lowest BCUT2D eigenvalue weighted by Crippen LogP contribution is -2.53. The Balaban J connectivity index is 1.65. The Labute approximate surface area is 116 Å². The van der Waals surface area contributed by atoms with Crippen LogP contribution in [0, 0.1) is 0 Å². The number of aryl methyl sites for hydroxylation is 1. The molecule has 2 atom stereocenters. The second kappa shape index (κ2) is 5.53. The van der Waals surface area contributed by atoms with Gasteiger partial charge in [-0.05, 0) is 39.2 Å². The number of hydrogen-bond acceptors (Lipinski definition) is 3. The van der Waals surface area contributed by atoms with Gasteiger partial charge in [0.25, 0.3) is 0 Å². The van der Waals surface area contributed by atoms with Gasteiger partial charge in [-0.3, -0.25) is 0 Å². The molecule has 0 radical (unpaired) electrons. The average molecular weight is 262 g/mol. The van der Waals surface area contributed by atoms with Crippen molar-refractivity contribution in [3.05, 3.63) is 12.4 Å². The van der Waals surface area contributed by atoms with E-state index in [0.717, 1.165) is 31.0 Å². The Bertz CT molecular complexity index is 400. The highest BCUT2D eigenvalue weighted by Gasteiger charge is 2.36. The number of hydrogen-bond donors (Lipinski definition) is 1. The van der Waals surface area contributed by atoms with E-state index < -0.39 is 0 Å². The smallest absolute Gasteiger partial charge is 0.202 e. The zero-order chi connectivity index (χ0) is 13.2. The van der Waals surface area contributed by atoms with Gasteiger partial charge in [0, 0.05) is 37.1 Å². The molecule has 3 rings (SSSR count). The molecule has 1 aromatic heterocycles. The van der Waals surface area contributed by atoms with Gasteiger partial charge in [0.2, 0.25) is 5.95 Å². The van der Waals surface area contributed by atoms with Crippen molar-refractivity contribution < 1.29 is 0 Å². The molecule has 2 saturated heterocycles. The van der Waals surface area contributed by atoms with Crippen molar-refractivity contribution >= 4 is 5.95 Å². The number of fused-ring (bicyclic) bond motifs is 2. The highest BCUT2D eigenvalue weighted by atomic mass is 15.2. The number of anilines is 1. The largest absolute Gasteiger partial charge is 0.353 e. The van der Waals surface area contributed by atoms with Crippen LogP contribution in [0.5, 0.6) is 0 Å². The number of nitrogens with zero attached hydrogens (tertiary/aromatic N) is 3. The molecule has 19 heavy (non-hydrogen) atoms. The van der Waals surface area contributed by atoms with Crippen molar-refractivity contribution in [2.75, 3.05) is 12.4 Å². The molecule has 0 amide bonds. The fourth-order valence-electron chi connectivity index (χ4n) is 3.79. The maximum absolute atomic E-state index is 4.48. The summed E-state index contributed by atoms with van der Waals surface area (Å²) < 4.78 is 2.24. The second-order valence-electron chi connectivity index (χ2n) is 6.16. The molecular formula is C15H26N4. The Kier molecular flexibility index (Phi) is 3.78. The van der Waals surface area contributed by atoms with Gasteiger partial charge in [0.1, 0.15) is 0 Å². The van der Waals surface area contributed by atoms with E-state index in [0.29, 0.717) is 6.04 Å². The summed E-state index contributed by atoms with van der Waals surface area (Å²) in [5.41, 5.74) is 0. The van der Waals surface area contributed by atoms with Crippen LogP contribution in [0.3, 0.4) is 0 Å². The Hall–Kier alpha value is -1.03. The van der Waals surface area contributed by atoms with Crippen LogP contribution in [-0.4, -0.2) is 39.6 Å². The number of piperidine rings is 2. The van der Waals surface area contributed by atoms with Gasteiger partial charge >= 0.3 is 0 Å². The maximum Gasteiger partial charge on any atom is 0.202 e. The number of imidazole rings is 1. The summed E-state index contributed by atoms with van der Waals surface area (Å²) in [4.78, 5) is 7.09. The number of aromatic nitrogens is 2. The lowest BCUT2D eigenvalue weighted by atomic mass is 9.82. The summed E-state index contributed by atoms with van der Waals surface area (Å²) in [6, 6.07) is 2.16. The van der Waals surface area contributed by atoms with Crippen molar-refractivity contribution in [2.45, 2.75) is 70.1 Å². The van der Waals surface area contributed by atoms with Gasteiger partial charge in [0.15, 0.2) is 0 Å². The summed E-state index contributed by atoms with van der Waals surface area (Å²) in [5.74, 6) is 1.06. The van der Waals surface area contributed by atoms with E-state index in [-0.39, 0.29) is 0 Å². The zero-order valence-electron chi connectivity index (χ0n) is 12.2. The van der Waals surface area contributed by atoms with E-state index >= 15 is 0 Å². The lowest BCUT2D eigenvalue weighted by molar-refractivity contribution is 0.0606. The zero-order valence-corrected chi connectivity index (χ0v) is 12.2. The summed E-state index contributed by atoms with van der Waals surface area (Å²) in [7, 11) is 2.31. The van der Waals surface area contributed by atoms with E-state index in [1.165, 1.54) is 32.1 Å². The summed E-state index contributed by atoms with van der Waals surface area (Å²) in [5, 5.41) is 3.69. The fourth-order valence-corrected chi connectivity index (χ4v) is 3.79. The molecule has 2 aliphatic rings. The van der Waals surface area contributed by atoms with E-state index in [1.807, 2.05) is 6.20 Å². The minimum Gasteiger partial charge on any atom is -0.353 e. The molecule has 2 unspecified atom stereocenters. The van der Waals surface area contributed by atoms with Crippen LogP contribution < -0.4 is 5.32 Å². The lowest BCUT2D eigenvalue weighted by Gasteiger charge is -2.47. The molecule has 0 aromatic carbocycles. The van der Waals surface area contributed by atoms with Gasteiger partial charge in [-0.15, -0.1) is 0 Å². The minimum atomic E-state index is 0.601. The molecule has 0 spiro atoms. The topological polar surface area (TPSA) is 33.1 Å². The molecular weight excluding hydrogens is 236 g/mol. The fraction of sp³-hybridized carbons (Fsp3) is 0.800. The summed E-state index contributed by atoms with van der Waals surface area (Å²) in [6.45, 7) is 3.27. The molecule has 2 aliphatic heterocycles. The van der Waals surface area contributed by atoms with Crippen molar-refractivity contribution in [1.29, 1.82) is 0 Å². The first-order valence-electron chi connectivity index (χ1n) is 7.77. The molecule has 3 heterocycles. The predicted octanol–water partition coefficient (Wildman–Crippen LogP) is 2.72. The quantitative estimate of drug-likeness (QED) is 0.905. The normalized spacial score (nSPS) is 31.4. The molecule has 1 aromatic rings. The van der Waals surface area contributed by atoms with Crippen molar-refractivity contribution in [3.8, 4) is 0 Å². The highest BCUT2D eigenvalue weighted by Crippen LogP contribution is 2.33. The first-order chi connectivity index (χ1) is 9.28. The van der Waals surface area contributed by atoms with Crippen LogP contribution in [0.15, 0.2) is 12.4 Å². The van der Waals surface area contributed by atoms with Gasteiger partial charge in [-0.1, -0.05) is 13.3 Å². The van der Waals surface area contributed by atoms with Crippen LogP contribution in [-0.2, 0) is 6.54 Å². The van der Waals surface area contributed by atoms with E-state index in [4.69, 9.17) is 0 Å². The first kappa shape index (κ1) is 13.0. The summed E-state index contributed by atoms with van der Waals surface area (Å²) in [6.07, 6.45) is 11.8. The molecule has 1 N–H and O–H groups in total. The molecule has 106 valence electrons. The molecule has 2 fully saturated rings. The van der Waals surface area contributed by atoms with E-state index in [9.17, 15) is 0 Å². The van der Waals surface area contributed by atoms with Crippen molar-refractivity contribution in [1.82, 2.24) is 14.5 Å². The highest BCUT2D eigenvalue weighted by molar-refractivity contribution is 5.28. The van der Waals surface area contributed by atoms with Crippen molar-refractivity contribution in [3.63, 3.8) is 0 Å². The Morgan fingerprint density at radius 1 is 1.32 bits per heavy atom. The van der Waals surface area contributed by atoms with Gasteiger partial charge in [0.05, 0.1) is 0 Å². The first-order valence-corrected chi connectivity index (χ1v) is 7.77. The maximum atomic E-state index is 4.48. The van der Waals surface area contributed by atoms with E-state index in [2.05, 4.69) is 39.9 Å². The van der Waals surface area contributed by atoms with Crippen LogP contribution >= 0.6 is 0 Å². The van der Waals surface area contributed by atoms with Crippen LogP contribution in [0.25, 0.3) is 0 Å². The Morgan fingerprint density at radius 2 is 2.05 bits per heavy atom. The predicted molar refractivity (Wildman–Crippen MR) is 78.4 cm³/mol. The Morgan fingerprint density at radius 3 is 2.74 bits per heavy atom. The average Bonchev–Trinajstić information content (AvgIpc) is 2.79. The monoisotopic (exact) mass is 262 g/mol. The third-order valence-corrected chi connectivity index (χ3v) is 4.85. The van der Waals surface area contributed by atoms with Crippen LogP contribution in [0.2, 0.25) is 0 Å². The standard InChI is InChI=1S/C15H26N4/c1-3-8-19-9-7-16-15(19)17-12-10-13-5-4-6-14(11-12)18(13)2/h7,9,12-14H,3-6,8,10-11H2,1-2H3,(H,16,17). The molecule has 2 bridgehead atoms. The number of rotatable bonds is 4. The van der Waals surface area contributed by atoms with Crippen LogP contribution in [0.4, 0.5) is 5.95 Å². The number of nitrogens with one attached hydrogen (secondary N) is 1. The minimum absolute atomic E-state index is 0.601. The molecule has 4 heteroatoms. The van der Waals surface area contributed by atoms with Crippen molar-refractivity contribution in [2.24, 2.45) is 0 Å². The summed E-state index contributed by atoms with van der Waals surface area (Å²) >= 11 is 0.